The molecule has 0 bridgehead atoms. The van der Waals surface area contributed by atoms with Gasteiger partial charge in [0.25, 0.3) is 0 Å². The number of nitrogens with zero attached hydrogens (tertiary/aromatic N) is 1. The summed E-state index contributed by atoms with van der Waals surface area (Å²) in [4.78, 5) is 1.40. The molecule has 1 aromatic carbocycles. The molecule has 86 valence electrons. The maximum atomic E-state index is 13.0. The molecule has 0 aliphatic heterocycles. The number of hydrogen-bond donors (Lipinski definition) is 0. The standard InChI is InChI=1S/C12H6F3NS/c13-9-5-7(6-10(14)12(9)15)11-2-1-8(17-11)3-4-16/h1-2,5-6H,3H2. The third kappa shape index (κ3) is 2.32. The van der Waals surface area contributed by atoms with E-state index >= 15 is 0 Å². The summed E-state index contributed by atoms with van der Waals surface area (Å²) in [5.41, 5.74) is 0.274. The van der Waals surface area contributed by atoms with Crippen molar-refractivity contribution >= 4 is 11.3 Å². The van der Waals surface area contributed by atoms with Gasteiger partial charge in [-0.15, -0.1) is 11.3 Å². The minimum atomic E-state index is -1.47. The fourth-order valence-electron chi connectivity index (χ4n) is 1.40. The van der Waals surface area contributed by atoms with E-state index in [0.717, 1.165) is 17.0 Å². The third-order valence-corrected chi connectivity index (χ3v) is 3.32. The minimum absolute atomic E-state index is 0.247. The lowest BCUT2D eigenvalue weighted by Crippen LogP contribution is -1.90. The molecule has 1 aromatic heterocycles. The maximum absolute atomic E-state index is 13.0. The van der Waals surface area contributed by atoms with Crippen molar-refractivity contribution in [2.24, 2.45) is 0 Å². The van der Waals surface area contributed by atoms with Crippen molar-refractivity contribution < 1.29 is 13.2 Å². The van der Waals surface area contributed by atoms with Gasteiger partial charge in [0.05, 0.1) is 12.5 Å². The third-order valence-electron chi connectivity index (χ3n) is 2.18. The van der Waals surface area contributed by atoms with Crippen LogP contribution in [0.15, 0.2) is 24.3 Å². The van der Waals surface area contributed by atoms with Crippen molar-refractivity contribution in [3.05, 3.63) is 46.6 Å². The Morgan fingerprint density at radius 3 is 2.35 bits per heavy atom. The number of halogens is 3. The van der Waals surface area contributed by atoms with Crippen LogP contribution in [0, 0.1) is 28.8 Å². The normalized spacial score (nSPS) is 10.2. The van der Waals surface area contributed by atoms with E-state index in [0.29, 0.717) is 4.88 Å². The molecule has 0 spiro atoms. The Labute approximate surface area is 99.7 Å². The van der Waals surface area contributed by atoms with Gasteiger partial charge in [0.2, 0.25) is 0 Å². The SMILES string of the molecule is N#CCc1ccc(-c2cc(F)c(F)c(F)c2)s1. The van der Waals surface area contributed by atoms with Crippen molar-refractivity contribution in [2.75, 3.05) is 0 Å². The lowest BCUT2D eigenvalue weighted by molar-refractivity contribution is 0.448. The van der Waals surface area contributed by atoms with Gasteiger partial charge in [-0.2, -0.15) is 5.26 Å². The molecule has 2 aromatic rings. The monoisotopic (exact) mass is 253 g/mol. The smallest absolute Gasteiger partial charge is 0.194 e. The summed E-state index contributed by atoms with van der Waals surface area (Å²) < 4.78 is 38.8. The zero-order chi connectivity index (χ0) is 12.4. The Kier molecular flexibility index (Phi) is 3.16. The van der Waals surface area contributed by atoms with Crippen LogP contribution in [0.5, 0.6) is 0 Å². The van der Waals surface area contributed by atoms with E-state index in [2.05, 4.69) is 0 Å². The first-order chi connectivity index (χ1) is 8.11. The molecule has 0 atom stereocenters. The lowest BCUT2D eigenvalue weighted by Gasteiger charge is -2.00. The molecule has 0 saturated heterocycles. The summed E-state index contributed by atoms with van der Waals surface area (Å²) in [6.45, 7) is 0. The van der Waals surface area contributed by atoms with Gasteiger partial charge >= 0.3 is 0 Å². The molecule has 0 unspecified atom stereocenters. The number of nitriles is 1. The van der Waals surface area contributed by atoms with Crippen LogP contribution in [-0.2, 0) is 6.42 Å². The Morgan fingerprint density at radius 2 is 1.76 bits per heavy atom. The molecule has 2 rings (SSSR count). The molecule has 0 saturated carbocycles. The van der Waals surface area contributed by atoms with E-state index in [4.69, 9.17) is 5.26 Å². The molecule has 0 aliphatic carbocycles. The molecule has 1 heterocycles. The predicted molar refractivity (Wildman–Crippen MR) is 58.9 cm³/mol. The van der Waals surface area contributed by atoms with Crippen LogP contribution in [0.3, 0.4) is 0 Å². The minimum Gasteiger partial charge on any atom is -0.204 e. The highest BCUT2D eigenvalue weighted by Crippen LogP contribution is 2.30. The van der Waals surface area contributed by atoms with Crippen molar-refractivity contribution in [1.29, 1.82) is 5.26 Å². The topological polar surface area (TPSA) is 23.8 Å². The second-order valence-electron chi connectivity index (χ2n) is 3.35. The first kappa shape index (κ1) is 11.7. The van der Waals surface area contributed by atoms with Crippen LogP contribution >= 0.6 is 11.3 Å². The average Bonchev–Trinajstić information content (AvgIpc) is 2.74. The Hall–Kier alpha value is -1.80. The zero-order valence-corrected chi connectivity index (χ0v) is 9.32. The van der Waals surface area contributed by atoms with Crippen LogP contribution < -0.4 is 0 Å². The van der Waals surface area contributed by atoms with Crippen LogP contribution in [0.2, 0.25) is 0 Å². The van der Waals surface area contributed by atoms with Crippen LogP contribution in [0.25, 0.3) is 10.4 Å². The highest BCUT2D eigenvalue weighted by atomic mass is 32.1. The fourth-order valence-corrected chi connectivity index (χ4v) is 2.33. The van der Waals surface area contributed by atoms with Crippen molar-refractivity contribution in [3.8, 4) is 16.5 Å². The largest absolute Gasteiger partial charge is 0.204 e. The molecular weight excluding hydrogens is 247 g/mol. The summed E-state index contributed by atoms with van der Waals surface area (Å²) >= 11 is 1.26. The highest BCUT2D eigenvalue weighted by molar-refractivity contribution is 7.15. The van der Waals surface area contributed by atoms with Crippen molar-refractivity contribution in [3.63, 3.8) is 0 Å². The number of hydrogen-bond acceptors (Lipinski definition) is 2. The summed E-state index contributed by atoms with van der Waals surface area (Å²) in [7, 11) is 0. The second-order valence-corrected chi connectivity index (χ2v) is 4.52. The van der Waals surface area contributed by atoms with Gasteiger partial charge in [0.15, 0.2) is 17.5 Å². The van der Waals surface area contributed by atoms with E-state index in [9.17, 15) is 13.2 Å². The zero-order valence-electron chi connectivity index (χ0n) is 8.51. The summed E-state index contributed by atoms with van der Waals surface area (Å²) in [5.74, 6) is -3.90. The Bertz CT molecular complexity index is 575. The number of benzene rings is 1. The Balaban J connectivity index is 2.43. The molecule has 17 heavy (non-hydrogen) atoms. The van der Waals surface area contributed by atoms with Crippen molar-refractivity contribution in [1.82, 2.24) is 0 Å². The first-order valence-electron chi connectivity index (χ1n) is 4.72. The van der Waals surface area contributed by atoms with Gasteiger partial charge in [0, 0.05) is 9.75 Å². The summed E-state index contributed by atoms with van der Waals surface area (Å²) in [5, 5.41) is 8.51. The van der Waals surface area contributed by atoms with E-state index in [-0.39, 0.29) is 12.0 Å². The maximum Gasteiger partial charge on any atom is 0.194 e. The van der Waals surface area contributed by atoms with Crippen molar-refractivity contribution in [2.45, 2.75) is 6.42 Å². The Morgan fingerprint density at radius 1 is 1.12 bits per heavy atom. The number of rotatable bonds is 2. The molecule has 0 radical (unpaired) electrons. The molecule has 5 heteroatoms. The van der Waals surface area contributed by atoms with Gasteiger partial charge in [0.1, 0.15) is 0 Å². The van der Waals surface area contributed by atoms with E-state index in [1.165, 1.54) is 11.3 Å². The molecule has 0 aliphatic rings. The molecule has 0 N–H and O–H groups in total. The van der Waals surface area contributed by atoms with E-state index in [1.807, 2.05) is 6.07 Å². The van der Waals surface area contributed by atoms with E-state index < -0.39 is 17.5 Å². The molecular formula is C12H6F3NS. The first-order valence-corrected chi connectivity index (χ1v) is 5.54. The fraction of sp³-hybridized carbons (Fsp3) is 0.0833. The van der Waals surface area contributed by atoms with Gasteiger partial charge < -0.3 is 0 Å². The molecule has 1 nitrogen and oxygen atoms in total. The van der Waals surface area contributed by atoms with Gasteiger partial charge in [-0.1, -0.05) is 0 Å². The quantitative estimate of drug-likeness (QED) is 0.745. The van der Waals surface area contributed by atoms with Crippen LogP contribution in [0.1, 0.15) is 4.88 Å². The molecule has 0 fully saturated rings. The van der Waals surface area contributed by atoms with Gasteiger partial charge in [-0.3, -0.25) is 0 Å². The second kappa shape index (κ2) is 4.60. The molecule has 0 amide bonds. The number of thiophene rings is 1. The summed E-state index contributed by atoms with van der Waals surface area (Å²) in [6, 6.07) is 7.24. The van der Waals surface area contributed by atoms with Gasteiger partial charge in [-0.25, -0.2) is 13.2 Å². The predicted octanol–water partition coefficient (Wildman–Crippen LogP) is 3.90. The van der Waals surface area contributed by atoms with Crippen LogP contribution in [0.4, 0.5) is 13.2 Å². The summed E-state index contributed by atoms with van der Waals surface area (Å²) in [6.07, 6.45) is 0.247. The van der Waals surface area contributed by atoms with Crippen LogP contribution in [-0.4, -0.2) is 0 Å². The average molecular weight is 253 g/mol. The lowest BCUT2D eigenvalue weighted by atomic mass is 10.1. The van der Waals surface area contributed by atoms with Gasteiger partial charge in [-0.05, 0) is 29.8 Å². The van der Waals surface area contributed by atoms with E-state index in [1.54, 1.807) is 12.1 Å². The highest BCUT2D eigenvalue weighted by Gasteiger charge is 2.12.